The van der Waals surface area contributed by atoms with Crippen LogP contribution in [0.15, 0.2) is 11.2 Å². The van der Waals surface area contributed by atoms with Crippen LogP contribution < -0.4 is 10.6 Å². The predicted octanol–water partition coefficient (Wildman–Crippen LogP) is 2.48. The van der Waals surface area contributed by atoms with E-state index in [1.54, 1.807) is 13.2 Å². The number of nitrogens with zero attached hydrogens (tertiary/aromatic N) is 4. The number of carbonyl (C=O) groups excluding carboxylic acids is 1. The molecule has 1 aliphatic rings. The third-order valence-electron chi connectivity index (χ3n) is 4.88. The molecule has 0 aliphatic heterocycles. The van der Waals surface area contributed by atoms with Crippen LogP contribution in [-0.4, -0.2) is 47.1 Å². The Morgan fingerprint density at radius 1 is 1.41 bits per heavy atom. The number of rotatable bonds is 8. The first-order chi connectivity index (χ1) is 12.6. The van der Waals surface area contributed by atoms with Crippen LogP contribution in [0, 0.1) is 5.92 Å². The van der Waals surface area contributed by atoms with Gasteiger partial charge in [0.15, 0.2) is 5.96 Å². The maximum absolute atomic E-state index is 11.2. The largest absolute Gasteiger partial charge is 0.468 e. The number of aromatic nitrogens is 3. The van der Waals surface area contributed by atoms with E-state index in [1.165, 1.54) is 50.3 Å². The van der Waals surface area contributed by atoms with Crippen molar-refractivity contribution in [3.8, 4) is 0 Å². The monoisotopic (exact) mass is 492 g/mol. The van der Waals surface area contributed by atoms with Gasteiger partial charge in [0.1, 0.15) is 12.2 Å². The number of ether oxygens (including phenoxy) is 1. The Hall–Kier alpha value is -1.39. The van der Waals surface area contributed by atoms with Crippen molar-refractivity contribution in [3.05, 3.63) is 11.9 Å². The van der Waals surface area contributed by atoms with Gasteiger partial charge in [0.2, 0.25) is 0 Å². The minimum atomic E-state index is -0.348. The van der Waals surface area contributed by atoms with Crippen molar-refractivity contribution in [1.29, 1.82) is 0 Å². The molecule has 0 spiro atoms. The zero-order valence-corrected chi connectivity index (χ0v) is 18.9. The van der Waals surface area contributed by atoms with E-state index in [4.69, 9.17) is 0 Å². The summed E-state index contributed by atoms with van der Waals surface area (Å²) in [4.78, 5) is 15.5. The van der Waals surface area contributed by atoms with Gasteiger partial charge in [0, 0.05) is 13.1 Å². The zero-order chi connectivity index (χ0) is 18.8. The molecule has 1 atom stereocenters. The number of methoxy groups -OCH3 is 1. The van der Waals surface area contributed by atoms with Crippen LogP contribution in [0.3, 0.4) is 0 Å². The van der Waals surface area contributed by atoms with Crippen molar-refractivity contribution >= 4 is 35.9 Å². The third-order valence-corrected chi connectivity index (χ3v) is 4.88. The number of esters is 1. The van der Waals surface area contributed by atoms with Crippen molar-refractivity contribution in [2.75, 3.05) is 14.2 Å². The van der Waals surface area contributed by atoms with Gasteiger partial charge in [-0.3, -0.25) is 9.79 Å². The summed E-state index contributed by atoms with van der Waals surface area (Å²) < 4.78 is 6.08. The molecule has 2 rings (SSSR count). The molecule has 1 unspecified atom stereocenters. The topological polar surface area (TPSA) is 93.4 Å². The SMILES string of the molecule is CN=C(NCc1cn(CC(=O)OC)nn1)NC(C)CCC1CCCCC1.I. The number of guanidine groups is 1. The highest BCUT2D eigenvalue weighted by Gasteiger charge is 2.15. The molecule has 9 heteroatoms. The molecule has 1 aromatic heterocycles. The van der Waals surface area contributed by atoms with Gasteiger partial charge in [-0.15, -0.1) is 29.1 Å². The minimum Gasteiger partial charge on any atom is -0.468 e. The first kappa shape index (κ1) is 23.6. The molecular weight excluding hydrogens is 459 g/mol. The highest BCUT2D eigenvalue weighted by Crippen LogP contribution is 2.27. The van der Waals surface area contributed by atoms with E-state index in [0.717, 1.165) is 24.0 Å². The fourth-order valence-corrected chi connectivity index (χ4v) is 3.33. The van der Waals surface area contributed by atoms with Crippen LogP contribution in [0.1, 0.15) is 57.6 Å². The summed E-state index contributed by atoms with van der Waals surface area (Å²) in [5.74, 6) is 1.30. The normalized spacial score (nSPS) is 16.3. The molecule has 1 aromatic rings. The Labute approximate surface area is 178 Å². The second kappa shape index (κ2) is 12.9. The molecule has 0 saturated heterocycles. The number of halogens is 1. The maximum Gasteiger partial charge on any atom is 0.327 e. The first-order valence-electron chi connectivity index (χ1n) is 9.53. The van der Waals surface area contributed by atoms with Gasteiger partial charge < -0.3 is 15.4 Å². The molecule has 1 fully saturated rings. The fourth-order valence-electron chi connectivity index (χ4n) is 3.33. The molecule has 27 heavy (non-hydrogen) atoms. The van der Waals surface area contributed by atoms with Crippen molar-refractivity contribution in [3.63, 3.8) is 0 Å². The van der Waals surface area contributed by atoms with Crippen LogP contribution >= 0.6 is 24.0 Å². The molecule has 8 nitrogen and oxygen atoms in total. The molecule has 154 valence electrons. The molecular formula is C18H33IN6O2. The van der Waals surface area contributed by atoms with E-state index in [1.807, 2.05) is 0 Å². The van der Waals surface area contributed by atoms with Gasteiger partial charge in [0.05, 0.1) is 19.9 Å². The summed E-state index contributed by atoms with van der Waals surface area (Å²) in [5.41, 5.74) is 0.742. The average Bonchev–Trinajstić information content (AvgIpc) is 3.11. The number of hydrogen-bond donors (Lipinski definition) is 2. The summed E-state index contributed by atoms with van der Waals surface area (Å²) in [6, 6.07) is 0.373. The Kier molecular flexibility index (Phi) is 11.3. The van der Waals surface area contributed by atoms with Crippen molar-refractivity contribution in [2.45, 2.75) is 71.0 Å². The van der Waals surface area contributed by atoms with Crippen LogP contribution in [0.2, 0.25) is 0 Å². The number of aliphatic imine (C=N–C) groups is 1. The lowest BCUT2D eigenvalue weighted by molar-refractivity contribution is -0.141. The Morgan fingerprint density at radius 3 is 2.81 bits per heavy atom. The van der Waals surface area contributed by atoms with Gasteiger partial charge >= 0.3 is 5.97 Å². The van der Waals surface area contributed by atoms with E-state index in [2.05, 4.69) is 37.6 Å². The third kappa shape index (κ3) is 8.89. The molecule has 0 bridgehead atoms. The summed E-state index contributed by atoms with van der Waals surface area (Å²) in [6.45, 7) is 2.76. The first-order valence-corrected chi connectivity index (χ1v) is 9.53. The highest BCUT2D eigenvalue weighted by atomic mass is 127. The van der Waals surface area contributed by atoms with Crippen LogP contribution in [0.5, 0.6) is 0 Å². The predicted molar refractivity (Wildman–Crippen MR) is 116 cm³/mol. The van der Waals surface area contributed by atoms with Crippen molar-refractivity contribution < 1.29 is 9.53 Å². The van der Waals surface area contributed by atoms with E-state index < -0.39 is 0 Å². The Balaban J connectivity index is 0.00000364. The van der Waals surface area contributed by atoms with Crippen LogP contribution in [0.25, 0.3) is 0 Å². The smallest absolute Gasteiger partial charge is 0.327 e. The Bertz CT molecular complexity index is 586. The lowest BCUT2D eigenvalue weighted by atomic mass is 9.85. The van der Waals surface area contributed by atoms with Crippen molar-refractivity contribution in [2.24, 2.45) is 10.9 Å². The lowest BCUT2D eigenvalue weighted by Gasteiger charge is -2.24. The van der Waals surface area contributed by atoms with E-state index >= 15 is 0 Å². The zero-order valence-electron chi connectivity index (χ0n) is 16.6. The second-order valence-corrected chi connectivity index (χ2v) is 7.04. The van der Waals surface area contributed by atoms with Crippen LogP contribution in [0.4, 0.5) is 0 Å². The minimum absolute atomic E-state index is 0. The summed E-state index contributed by atoms with van der Waals surface area (Å²) in [5, 5.41) is 14.6. The average molecular weight is 492 g/mol. The van der Waals surface area contributed by atoms with Gasteiger partial charge in [-0.2, -0.15) is 0 Å². The number of hydrogen-bond acceptors (Lipinski definition) is 5. The second-order valence-electron chi connectivity index (χ2n) is 7.04. The molecule has 1 aliphatic carbocycles. The maximum atomic E-state index is 11.2. The molecule has 1 heterocycles. The standard InChI is InChI=1S/C18H32N6O2.HI/c1-14(9-10-15-7-5-4-6-8-15)21-18(19-2)20-11-16-12-24(23-22-16)13-17(25)26-3;/h12,14-15H,4-11,13H2,1-3H3,(H2,19,20,21);1H. The van der Waals surface area contributed by atoms with Gasteiger partial charge in [-0.05, 0) is 25.7 Å². The molecule has 1 saturated carbocycles. The summed E-state index contributed by atoms with van der Waals surface area (Å²) in [6.07, 6.45) is 11.1. The van der Waals surface area contributed by atoms with Gasteiger partial charge in [-0.1, -0.05) is 37.3 Å². The summed E-state index contributed by atoms with van der Waals surface area (Å²) in [7, 11) is 3.12. The van der Waals surface area contributed by atoms with E-state index in [0.29, 0.717) is 12.6 Å². The number of carbonyl (C=O) groups is 1. The van der Waals surface area contributed by atoms with Crippen molar-refractivity contribution in [1.82, 2.24) is 25.6 Å². The van der Waals surface area contributed by atoms with Gasteiger partial charge in [0.25, 0.3) is 0 Å². The molecule has 0 amide bonds. The molecule has 0 aromatic carbocycles. The highest BCUT2D eigenvalue weighted by molar-refractivity contribution is 14.0. The van der Waals surface area contributed by atoms with E-state index in [-0.39, 0.29) is 36.5 Å². The van der Waals surface area contributed by atoms with E-state index in [9.17, 15) is 4.79 Å². The quantitative estimate of drug-likeness (QED) is 0.251. The summed E-state index contributed by atoms with van der Waals surface area (Å²) >= 11 is 0. The van der Waals surface area contributed by atoms with Crippen LogP contribution in [-0.2, 0) is 22.6 Å². The number of nitrogens with one attached hydrogen (secondary N) is 2. The lowest BCUT2D eigenvalue weighted by Crippen LogP contribution is -2.42. The molecule has 2 N–H and O–H groups in total. The fraction of sp³-hybridized carbons (Fsp3) is 0.778. The Morgan fingerprint density at radius 2 is 2.15 bits per heavy atom. The molecule has 0 radical (unpaired) electrons. The van der Waals surface area contributed by atoms with Gasteiger partial charge in [-0.25, -0.2) is 4.68 Å².